The quantitative estimate of drug-likeness (QED) is 0.785. The Bertz CT molecular complexity index is 584. The molecule has 1 aromatic rings. The maximum Gasteiger partial charge on any atom is 0.253 e. The van der Waals surface area contributed by atoms with Gasteiger partial charge in [-0.1, -0.05) is 6.07 Å². The van der Waals surface area contributed by atoms with Crippen LogP contribution in [0.25, 0.3) is 0 Å². The SMILES string of the molecule is CCOCCN(C)C(=O)c1cc(S(N)(=O)=O)ccc1C. The highest BCUT2D eigenvalue weighted by molar-refractivity contribution is 7.89. The molecule has 20 heavy (non-hydrogen) atoms. The highest BCUT2D eigenvalue weighted by Gasteiger charge is 2.17. The van der Waals surface area contributed by atoms with Crippen molar-refractivity contribution in [1.29, 1.82) is 0 Å². The maximum atomic E-state index is 12.3. The average molecular weight is 300 g/mol. The summed E-state index contributed by atoms with van der Waals surface area (Å²) in [5, 5.41) is 5.08. The van der Waals surface area contributed by atoms with Crippen LogP contribution in [0.5, 0.6) is 0 Å². The monoisotopic (exact) mass is 300 g/mol. The Hall–Kier alpha value is -1.44. The molecule has 0 atom stereocenters. The molecule has 0 saturated carbocycles. The van der Waals surface area contributed by atoms with Crippen LogP contribution in [0.3, 0.4) is 0 Å². The third-order valence-corrected chi connectivity index (χ3v) is 3.80. The number of aryl methyl sites for hydroxylation is 1. The Morgan fingerprint density at radius 3 is 2.60 bits per heavy atom. The second kappa shape index (κ2) is 6.83. The van der Waals surface area contributed by atoms with Crippen molar-refractivity contribution in [2.75, 3.05) is 26.8 Å². The van der Waals surface area contributed by atoms with E-state index in [1.807, 2.05) is 6.92 Å². The highest BCUT2D eigenvalue weighted by atomic mass is 32.2. The van der Waals surface area contributed by atoms with Crippen molar-refractivity contribution in [1.82, 2.24) is 4.90 Å². The minimum absolute atomic E-state index is 0.0651. The number of carbonyl (C=O) groups excluding carboxylic acids is 1. The number of nitrogens with zero attached hydrogens (tertiary/aromatic N) is 1. The lowest BCUT2D eigenvalue weighted by molar-refractivity contribution is 0.0709. The molecule has 7 heteroatoms. The number of amides is 1. The lowest BCUT2D eigenvalue weighted by Gasteiger charge is -2.18. The van der Waals surface area contributed by atoms with Crippen LogP contribution in [0.2, 0.25) is 0 Å². The van der Waals surface area contributed by atoms with Gasteiger partial charge in [0.2, 0.25) is 10.0 Å². The van der Waals surface area contributed by atoms with Crippen molar-refractivity contribution in [2.24, 2.45) is 5.14 Å². The fraction of sp³-hybridized carbons (Fsp3) is 0.462. The molecule has 112 valence electrons. The maximum absolute atomic E-state index is 12.3. The minimum Gasteiger partial charge on any atom is -0.380 e. The van der Waals surface area contributed by atoms with E-state index < -0.39 is 10.0 Å². The van der Waals surface area contributed by atoms with E-state index in [4.69, 9.17) is 9.88 Å². The topological polar surface area (TPSA) is 89.7 Å². The van der Waals surface area contributed by atoms with E-state index in [0.717, 1.165) is 0 Å². The Labute approximate surface area is 119 Å². The summed E-state index contributed by atoms with van der Waals surface area (Å²) in [7, 11) is -2.17. The van der Waals surface area contributed by atoms with Crippen LogP contribution in [0.1, 0.15) is 22.8 Å². The summed E-state index contributed by atoms with van der Waals surface area (Å²) in [6, 6.07) is 4.27. The number of hydrogen-bond acceptors (Lipinski definition) is 4. The largest absolute Gasteiger partial charge is 0.380 e. The Morgan fingerprint density at radius 1 is 1.40 bits per heavy atom. The van der Waals surface area contributed by atoms with E-state index in [-0.39, 0.29) is 10.8 Å². The fourth-order valence-corrected chi connectivity index (χ4v) is 2.20. The number of hydrogen-bond donors (Lipinski definition) is 1. The number of likely N-dealkylation sites (N-methyl/N-ethyl adjacent to an activating group) is 1. The summed E-state index contributed by atoms with van der Waals surface area (Å²) in [5.74, 6) is -0.257. The molecule has 1 aromatic carbocycles. The molecule has 0 spiro atoms. The zero-order valence-electron chi connectivity index (χ0n) is 11.9. The molecule has 0 heterocycles. The van der Waals surface area contributed by atoms with Gasteiger partial charge in [-0.3, -0.25) is 4.79 Å². The van der Waals surface area contributed by atoms with E-state index in [9.17, 15) is 13.2 Å². The van der Waals surface area contributed by atoms with Gasteiger partial charge in [0.05, 0.1) is 11.5 Å². The number of benzene rings is 1. The van der Waals surface area contributed by atoms with Crippen LogP contribution in [0.4, 0.5) is 0 Å². The zero-order valence-corrected chi connectivity index (χ0v) is 12.7. The molecule has 0 unspecified atom stereocenters. The molecule has 1 rings (SSSR count). The molecule has 1 amide bonds. The number of carbonyl (C=O) groups is 1. The first-order valence-corrected chi connectivity index (χ1v) is 7.78. The average Bonchev–Trinajstić information content (AvgIpc) is 2.37. The molecular weight excluding hydrogens is 280 g/mol. The molecule has 0 aliphatic rings. The van der Waals surface area contributed by atoms with E-state index in [0.29, 0.717) is 30.9 Å². The van der Waals surface area contributed by atoms with Gasteiger partial charge in [-0.15, -0.1) is 0 Å². The summed E-state index contributed by atoms with van der Waals surface area (Å²) in [5.41, 5.74) is 1.03. The highest BCUT2D eigenvalue weighted by Crippen LogP contribution is 2.16. The predicted molar refractivity (Wildman–Crippen MR) is 76.0 cm³/mol. The molecule has 0 bridgehead atoms. The van der Waals surface area contributed by atoms with Gasteiger partial charge in [0.25, 0.3) is 5.91 Å². The van der Waals surface area contributed by atoms with E-state index >= 15 is 0 Å². The second-order valence-corrected chi connectivity index (χ2v) is 6.01. The van der Waals surface area contributed by atoms with Gasteiger partial charge in [0, 0.05) is 25.8 Å². The van der Waals surface area contributed by atoms with E-state index in [1.165, 1.54) is 17.0 Å². The third kappa shape index (κ3) is 4.29. The van der Waals surface area contributed by atoms with Crippen LogP contribution in [0.15, 0.2) is 23.1 Å². The minimum atomic E-state index is -3.82. The standard InChI is InChI=1S/C13H20N2O4S/c1-4-19-8-7-15(3)13(16)12-9-11(20(14,17)18)6-5-10(12)2/h5-6,9H,4,7-8H2,1-3H3,(H2,14,17,18). The van der Waals surface area contributed by atoms with Crippen LogP contribution >= 0.6 is 0 Å². The summed E-state index contributed by atoms with van der Waals surface area (Å²) in [4.78, 5) is 13.7. The van der Waals surface area contributed by atoms with Crippen LogP contribution in [-0.2, 0) is 14.8 Å². The number of ether oxygens (including phenoxy) is 1. The van der Waals surface area contributed by atoms with Crippen molar-refractivity contribution < 1.29 is 17.9 Å². The summed E-state index contributed by atoms with van der Waals surface area (Å²) in [6.45, 7) is 5.08. The smallest absolute Gasteiger partial charge is 0.253 e. The molecule has 6 nitrogen and oxygen atoms in total. The van der Waals surface area contributed by atoms with Crippen LogP contribution in [0, 0.1) is 6.92 Å². The first-order valence-electron chi connectivity index (χ1n) is 6.24. The summed E-state index contributed by atoms with van der Waals surface area (Å²) in [6.07, 6.45) is 0. The van der Waals surface area contributed by atoms with Gasteiger partial charge in [0.15, 0.2) is 0 Å². The number of sulfonamides is 1. The molecular formula is C13H20N2O4S. The second-order valence-electron chi connectivity index (χ2n) is 4.45. The Balaban J connectivity index is 2.97. The Kier molecular flexibility index (Phi) is 5.67. The molecule has 0 aliphatic heterocycles. The van der Waals surface area contributed by atoms with Gasteiger partial charge in [-0.25, -0.2) is 13.6 Å². The van der Waals surface area contributed by atoms with Gasteiger partial charge < -0.3 is 9.64 Å². The van der Waals surface area contributed by atoms with Crippen molar-refractivity contribution in [3.8, 4) is 0 Å². The lowest BCUT2D eigenvalue weighted by atomic mass is 10.1. The van der Waals surface area contributed by atoms with Crippen molar-refractivity contribution >= 4 is 15.9 Å². The van der Waals surface area contributed by atoms with Crippen molar-refractivity contribution in [3.63, 3.8) is 0 Å². The number of primary sulfonamides is 1. The summed E-state index contributed by atoms with van der Waals surface area (Å²) >= 11 is 0. The fourth-order valence-electron chi connectivity index (χ4n) is 1.66. The molecule has 2 N–H and O–H groups in total. The first-order chi connectivity index (χ1) is 9.27. The molecule has 0 radical (unpaired) electrons. The number of rotatable bonds is 6. The molecule has 0 saturated heterocycles. The van der Waals surface area contributed by atoms with Crippen molar-refractivity contribution in [3.05, 3.63) is 29.3 Å². The van der Waals surface area contributed by atoms with E-state index in [1.54, 1.807) is 20.0 Å². The van der Waals surface area contributed by atoms with Crippen molar-refractivity contribution in [2.45, 2.75) is 18.7 Å². The van der Waals surface area contributed by atoms with Crippen LogP contribution < -0.4 is 5.14 Å². The van der Waals surface area contributed by atoms with E-state index in [2.05, 4.69) is 0 Å². The predicted octanol–water partition coefficient (Wildman–Crippen LogP) is 0.751. The first kappa shape index (κ1) is 16.6. The van der Waals surface area contributed by atoms with Gasteiger partial charge in [-0.05, 0) is 31.5 Å². The van der Waals surface area contributed by atoms with Gasteiger partial charge in [-0.2, -0.15) is 0 Å². The third-order valence-electron chi connectivity index (χ3n) is 2.89. The van der Waals surface area contributed by atoms with Gasteiger partial charge >= 0.3 is 0 Å². The zero-order chi connectivity index (χ0) is 15.3. The summed E-state index contributed by atoms with van der Waals surface area (Å²) < 4.78 is 27.9. The normalized spacial score (nSPS) is 11.4. The molecule has 0 fully saturated rings. The molecule has 0 aromatic heterocycles. The Morgan fingerprint density at radius 2 is 2.05 bits per heavy atom. The number of nitrogens with two attached hydrogens (primary N) is 1. The van der Waals surface area contributed by atoms with Crippen LogP contribution in [-0.4, -0.2) is 46.0 Å². The lowest BCUT2D eigenvalue weighted by Crippen LogP contribution is -2.31. The molecule has 0 aliphatic carbocycles. The van der Waals surface area contributed by atoms with Gasteiger partial charge in [0.1, 0.15) is 0 Å².